The first-order chi connectivity index (χ1) is 8.25. The van der Waals surface area contributed by atoms with Crippen molar-refractivity contribution in [1.29, 1.82) is 0 Å². The molecule has 2 heterocycles. The van der Waals surface area contributed by atoms with Crippen LogP contribution in [0.3, 0.4) is 0 Å². The van der Waals surface area contributed by atoms with Gasteiger partial charge in [-0.1, -0.05) is 53.5 Å². The number of benzene rings is 1. The van der Waals surface area contributed by atoms with Gasteiger partial charge in [-0.2, -0.15) is 5.10 Å². The molecule has 0 atom stereocenters. The fraction of sp³-hybridized carbons (Fsp3) is 0. The summed E-state index contributed by atoms with van der Waals surface area (Å²) in [6.07, 6.45) is 1.53. The first-order valence-corrected chi connectivity index (χ1v) is 5.76. The number of halogens is 2. The molecule has 3 nitrogen and oxygen atoms in total. The Kier molecular flexibility index (Phi) is 2.50. The summed E-state index contributed by atoms with van der Waals surface area (Å²) in [7, 11) is 0. The topological polar surface area (TPSA) is 30.2 Å². The van der Waals surface area contributed by atoms with Crippen molar-refractivity contribution in [2.75, 3.05) is 0 Å². The third-order valence-electron chi connectivity index (χ3n) is 2.45. The van der Waals surface area contributed by atoms with E-state index >= 15 is 0 Å². The quantitative estimate of drug-likeness (QED) is 0.627. The van der Waals surface area contributed by atoms with E-state index in [0.717, 1.165) is 11.3 Å². The van der Waals surface area contributed by atoms with Crippen molar-refractivity contribution in [3.63, 3.8) is 0 Å². The van der Waals surface area contributed by atoms with Gasteiger partial charge in [0.1, 0.15) is 10.2 Å². The second kappa shape index (κ2) is 4.02. The van der Waals surface area contributed by atoms with Gasteiger partial charge in [0.2, 0.25) is 0 Å². The van der Waals surface area contributed by atoms with Gasteiger partial charge in [0.25, 0.3) is 0 Å². The van der Waals surface area contributed by atoms with E-state index in [0.29, 0.717) is 15.8 Å². The van der Waals surface area contributed by atoms with Gasteiger partial charge in [0, 0.05) is 11.6 Å². The lowest BCUT2D eigenvalue weighted by Gasteiger charge is -2.03. The minimum Gasteiger partial charge on any atom is -0.227 e. The highest BCUT2D eigenvalue weighted by Gasteiger charge is 2.09. The van der Waals surface area contributed by atoms with E-state index in [-0.39, 0.29) is 0 Å². The van der Waals surface area contributed by atoms with Crippen LogP contribution in [0.25, 0.3) is 16.9 Å². The molecule has 0 fully saturated rings. The molecule has 0 spiro atoms. The minimum atomic E-state index is 0.487. The smallest absolute Gasteiger partial charge is 0.176 e. The SMILES string of the molecule is Clc1cnn2c(Cl)cc(-c3ccccc3)nc12. The molecule has 0 aliphatic rings. The lowest BCUT2D eigenvalue weighted by atomic mass is 10.1. The molecule has 17 heavy (non-hydrogen) atoms. The lowest BCUT2D eigenvalue weighted by molar-refractivity contribution is 0.942. The molecule has 0 radical (unpaired) electrons. The van der Waals surface area contributed by atoms with E-state index in [1.54, 1.807) is 6.07 Å². The summed E-state index contributed by atoms with van der Waals surface area (Å²) >= 11 is 12.1. The van der Waals surface area contributed by atoms with Crippen molar-refractivity contribution in [3.8, 4) is 11.3 Å². The average molecular weight is 264 g/mol. The van der Waals surface area contributed by atoms with Gasteiger partial charge in [-0.05, 0) is 0 Å². The number of aromatic nitrogens is 3. The first-order valence-electron chi connectivity index (χ1n) is 5.01. The van der Waals surface area contributed by atoms with Crippen LogP contribution < -0.4 is 0 Å². The van der Waals surface area contributed by atoms with Crippen LogP contribution in [0.15, 0.2) is 42.6 Å². The molecule has 0 aliphatic carbocycles. The zero-order valence-electron chi connectivity index (χ0n) is 8.64. The molecular formula is C12H7Cl2N3. The maximum Gasteiger partial charge on any atom is 0.176 e. The standard InChI is InChI=1S/C12H7Cl2N3/c13-9-7-15-17-11(14)6-10(16-12(9)17)8-4-2-1-3-5-8/h1-7H. The molecule has 3 rings (SSSR count). The van der Waals surface area contributed by atoms with Crippen LogP contribution in [-0.4, -0.2) is 14.6 Å². The van der Waals surface area contributed by atoms with Crippen LogP contribution >= 0.6 is 23.2 Å². The van der Waals surface area contributed by atoms with Crippen LogP contribution in [0.2, 0.25) is 10.2 Å². The molecule has 1 aromatic carbocycles. The Balaban J connectivity index is 2.28. The van der Waals surface area contributed by atoms with Crippen molar-refractivity contribution < 1.29 is 0 Å². The molecule has 0 unspecified atom stereocenters. The molecule has 0 saturated carbocycles. The van der Waals surface area contributed by atoms with E-state index in [4.69, 9.17) is 23.2 Å². The first kappa shape index (κ1) is 10.6. The summed E-state index contributed by atoms with van der Waals surface area (Å²) in [6.45, 7) is 0. The van der Waals surface area contributed by atoms with E-state index in [2.05, 4.69) is 10.1 Å². The lowest BCUT2D eigenvalue weighted by Crippen LogP contribution is -1.94. The second-order valence-corrected chi connectivity index (χ2v) is 4.35. The number of fused-ring (bicyclic) bond motifs is 1. The number of rotatable bonds is 1. The maximum absolute atomic E-state index is 6.13. The Morgan fingerprint density at radius 1 is 1.06 bits per heavy atom. The minimum absolute atomic E-state index is 0.487. The molecule has 84 valence electrons. The third kappa shape index (κ3) is 1.77. The zero-order valence-corrected chi connectivity index (χ0v) is 10.2. The fourth-order valence-electron chi connectivity index (χ4n) is 1.66. The van der Waals surface area contributed by atoms with Crippen molar-refractivity contribution in [1.82, 2.24) is 14.6 Å². The van der Waals surface area contributed by atoms with E-state index < -0.39 is 0 Å². The van der Waals surface area contributed by atoms with Crippen molar-refractivity contribution >= 4 is 28.8 Å². The van der Waals surface area contributed by atoms with Gasteiger partial charge in [-0.25, -0.2) is 9.50 Å². The van der Waals surface area contributed by atoms with Gasteiger partial charge >= 0.3 is 0 Å². The molecule has 0 amide bonds. The van der Waals surface area contributed by atoms with Crippen LogP contribution in [0, 0.1) is 0 Å². The molecular weight excluding hydrogens is 257 g/mol. The molecule has 0 N–H and O–H groups in total. The van der Waals surface area contributed by atoms with Crippen LogP contribution in [0.1, 0.15) is 0 Å². The molecule has 3 aromatic rings. The van der Waals surface area contributed by atoms with Crippen LogP contribution in [0.5, 0.6) is 0 Å². The Labute approximate surface area is 108 Å². The summed E-state index contributed by atoms with van der Waals surface area (Å²) in [5.41, 5.74) is 2.35. The van der Waals surface area contributed by atoms with Gasteiger partial charge < -0.3 is 0 Å². The highest BCUT2D eigenvalue weighted by molar-refractivity contribution is 6.34. The molecule has 0 bridgehead atoms. The normalized spacial score (nSPS) is 10.9. The number of hydrogen-bond acceptors (Lipinski definition) is 2. The van der Waals surface area contributed by atoms with Gasteiger partial charge in [0.15, 0.2) is 5.65 Å². The fourth-order valence-corrected chi connectivity index (χ4v) is 2.05. The van der Waals surface area contributed by atoms with Crippen LogP contribution in [-0.2, 0) is 0 Å². The Bertz CT molecular complexity index is 677. The molecule has 5 heteroatoms. The van der Waals surface area contributed by atoms with E-state index in [1.807, 2.05) is 30.3 Å². The van der Waals surface area contributed by atoms with E-state index in [9.17, 15) is 0 Å². The van der Waals surface area contributed by atoms with Crippen molar-refractivity contribution in [3.05, 3.63) is 52.8 Å². The van der Waals surface area contributed by atoms with Crippen LogP contribution in [0.4, 0.5) is 0 Å². The van der Waals surface area contributed by atoms with E-state index in [1.165, 1.54) is 10.7 Å². The van der Waals surface area contributed by atoms with Gasteiger partial charge in [-0.15, -0.1) is 0 Å². The summed E-state index contributed by atoms with van der Waals surface area (Å²) in [6, 6.07) is 11.6. The monoisotopic (exact) mass is 263 g/mol. The summed E-state index contributed by atoms with van der Waals surface area (Å²) in [5.74, 6) is 0. The average Bonchev–Trinajstić information content (AvgIpc) is 2.73. The predicted octanol–water partition coefficient (Wildman–Crippen LogP) is 3.70. The van der Waals surface area contributed by atoms with Gasteiger partial charge in [0.05, 0.1) is 11.9 Å². The van der Waals surface area contributed by atoms with Gasteiger partial charge in [-0.3, -0.25) is 0 Å². The summed E-state index contributed by atoms with van der Waals surface area (Å²) in [5, 5.41) is 5.02. The summed E-state index contributed by atoms with van der Waals surface area (Å²) < 4.78 is 1.51. The molecule has 0 aliphatic heterocycles. The maximum atomic E-state index is 6.13. The van der Waals surface area contributed by atoms with Crippen molar-refractivity contribution in [2.24, 2.45) is 0 Å². The Morgan fingerprint density at radius 3 is 2.59 bits per heavy atom. The van der Waals surface area contributed by atoms with Crippen molar-refractivity contribution in [2.45, 2.75) is 0 Å². The third-order valence-corrected chi connectivity index (χ3v) is 2.99. The summed E-state index contributed by atoms with van der Waals surface area (Å²) in [4.78, 5) is 4.45. The second-order valence-electron chi connectivity index (χ2n) is 3.56. The zero-order chi connectivity index (χ0) is 11.8. The number of nitrogens with zero attached hydrogens (tertiary/aromatic N) is 3. The Morgan fingerprint density at radius 2 is 1.82 bits per heavy atom. The number of hydrogen-bond donors (Lipinski definition) is 0. The predicted molar refractivity (Wildman–Crippen MR) is 68.4 cm³/mol. The highest BCUT2D eigenvalue weighted by atomic mass is 35.5. The molecule has 0 saturated heterocycles. The Hall–Kier alpha value is -1.58. The largest absolute Gasteiger partial charge is 0.227 e. The molecule has 2 aromatic heterocycles. The highest BCUT2D eigenvalue weighted by Crippen LogP contribution is 2.25.